The van der Waals surface area contributed by atoms with Crippen molar-refractivity contribution in [3.05, 3.63) is 77.4 Å². The summed E-state index contributed by atoms with van der Waals surface area (Å²) >= 11 is 0. The maximum atomic E-state index is 13.4. The van der Waals surface area contributed by atoms with Crippen molar-refractivity contribution in [3.63, 3.8) is 0 Å². The predicted molar refractivity (Wildman–Crippen MR) is 146 cm³/mol. The number of likely N-dealkylation sites (N-methyl/N-ethyl adjacent to an activating group) is 1. The van der Waals surface area contributed by atoms with Crippen LogP contribution < -0.4 is 20.1 Å². The van der Waals surface area contributed by atoms with Crippen molar-refractivity contribution < 1.29 is 20.5 Å². The zero-order valence-electron chi connectivity index (χ0n) is 21.6. The minimum Gasteiger partial charge on any atom is -0.454 e. The normalized spacial score (nSPS) is 14.9. The van der Waals surface area contributed by atoms with Gasteiger partial charge in [0.2, 0.25) is 12.7 Å². The van der Waals surface area contributed by atoms with E-state index in [0.717, 1.165) is 53.9 Å². The van der Waals surface area contributed by atoms with E-state index >= 15 is 0 Å². The van der Waals surface area contributed by atoms with E-state index in [9.17, 15) is 9.59 Å². The maximum absolute atomic E-state index is 13.4. The van der Waals surface area contributed by atoms with E-state index in [0.29, 0.717) is 17.9 Å². The topological polar surface area (TPSA) is 79.9 Å². The van der Waals surface area contributed by atoms with E-state index in [4.69, 9.17) is 9.47 Å². The Labute approximate surface area is 219 Å². The smallest absolute Gasteiger partial charge is 0.251 e. The van der Waals surface area contributed by atoms with Crippen LogP contribution in [0.4, 0.5) is 5.69 Å². The van der Waals surface area contributed by atoms with Crippen molar-refractivity contribution in [1.82, 2.24) is 10.2 Å². The Morgan fingerprint density at radius 1 is 0.973 bits per heavy atom. The van der Waals surface area contributed by atoms with E-state index in [1.54, 1.807) is 0 Å². The Morgan fingerprint density at radius 3 is 2.43 bits per heavy atom. The zero-order chi connectivity index (χ0) is 26.0. The summed E-state index contributed by atoms with van der Waals surface area (Å²) in [5.74, 6) is 1.33. The monoisotopic (exact) mass is 501 g/mol. The van der Waals surface area contributed by atoms with Crippen molar-refractivity contribution in [2.24, 2.45) is 0 Å². The van der Waals surface area contributed by atoms with Gasteiger partial charge in [-0.25, -0.2) is 0 Å². The average Bonchev–Trinajstić information content (AvgIpc) is 3.59. The molecule has 1 heterocycles. The van der Waals surface area contributed by atoms with Crippen molar-refractivity contribution in [2.45, 2.75) is 31.6 Å². The molecule has 3 aromatic carbocycles. The van der Waals surface area contributed by atoms with Gasteiger partial charge >= 0.3 is 0 Å². The van der Waals surface area contributed by atoms with E-state index in [2.05, 4.69) is 23.6 Å². The molecule has 194 valence electrons. The highest BCUT2D eigenvalue weighted by atomic mass is 16.7. The quantitative estimate of drug-likeness (QED) is 0.438. The third-order valence-electron chi connectivity index (χ3n) is 7.16. The second kappa shape index (κ2) is 10.3. The molecule has 7 heteroatoms. The number of hydrogen-bond acceptors (Lipinski definition) is 5. The number of fused-ring (bicyclic) bond motifs is 1. The molecule has 5 rings (SSSR count). The number of hydrogen-bond donors (Lipinski definition) is 2. The summed E-state index contributed by atoms with van der Waals surface area (Å²) in [7, 11) is 3.95. The van der Waals surface area contributed by atoms with Crippen molar-refractivity contribution in [3.8, 4) is 22.6 Å². The first-order valence-electron chi connectivity index (χ1n) is 12.8. The molecule has 0 unspecified atom stereocenters. The lowest BCUT2D eigenvalue weighted by Gasteiger charge is -2.18. The van der Waals surface area contributed by atoms with Gasteiger partial charge in [0, 0.05) is 25.8 Å². The molecule has 0 saturated heterocycles. The fourth-order valence-electron chi connectivity index (χ4n) is 4.74. The van der Waals surface area contributed by atoms with Gasteiger partial charge in [-0.2, -0.15) is 0 Å². The molecule has 2 amide bonds. The number of nitrogens with one attached hydrogen (secondary N) is 2. The molecule has 37 heavy (non-hydrogen) atoms. The van der Waals surface area contributed by atoms with Gasteiger partial charge in [0.05, 0.1) is 5.41 Å². The number of benzene rings is 3. The van der Waals surface area contributed by atoms with Crippen LogP contribution in [0.1, 0.15) is 42.7 Å². The Hall–Kier alpha value is -3.84. The largest absolute Gasteiger partial charge is 0.454 e. The number of aryl methyl sites for hydroxylation is 1. The van der Waals surface area contributed by atoms with Gasteiger partial charge in [-0.3, -0.25) is 9.59 Å². The Balaban J connectivity index is 0.00000336. The first-order valence-corrected chi connectivity index (χ1v) is 12.8. The van der Waals surface area contributed by atoms with Crippen LogP contribution in [0.15, 0.2) is 60.7 Å². The molecule has 0 bridgehead atoms. The number of nitrogens with zero attached hydrogens (tertiary/aromatic N) is 1. The molecule has 1 aliphatic carbocycles. The minimum atomic E-state index is -0.536. The van der Waals surface area contributed by atoms with Gasteiger partial charge in [-0.05, 0) is 92.0 Å². The average molecular weight is 502 g/mol. The lowest BCUT2D eigenvalue weighted by Crippen LogP contribution is -2.31. The zero-order valence-corrected chi connectivity index (χ0v) is 21.6. The van der Waals surface area contributed by atoms with E-state index in [1.807, 2.05) is 73.6 Å². The number of anilines is 1. The summed E-state index contributed by atoms with van der Waals surface area (Å²) in [6.45, 7) is 3.72. The van der Waals surface area contributed by atoms with Crippen LogP contribution in [0.25, 0.3) is 11.1 Å². The van der Waals surface area contributed by atoms with Crippen LogP contribution in [0.2, 0.25) is 0 Å². The van der Waals surface area contributed by atoms with Crippen molar-refractivity contribution >= 4 is 17.5 Å². The fraction of sp³-hybridized carbons (Fsp3) is 0.333. The maximum Gasteiger partial charge on any atom is 0.251 e. The predicted octanol–water partition coefficient (Wildman–Crippen LogP) is 4.85. The minimum absolute atomic E-state index is 0. The van der Waals surface area contributed by atoms with E-state index < -0.39 is 5.41 Å². The Kier molecular flexibility index (Phi) is 6.89. The van der Waals surface area contributed by atoms with Crippen LogP contribution in [0.3, 0.4) is 0 Å². The van der Waals surface area contributed by atoms with Gasteiger partial charge < -0.3 is 25.0 Å². The molecular formula is C30H35N3O4. The highest BCUT2D eigenvalue weighted by molar-refractivity contribution is 6.02. The molecule has 0 spiro atoms. The van der Waals surface area contributed by atoms with E-state index in [-0.39, 0.29) is 20.0 Å². The SMILES string of the molecule is CCc1ccc(NC(=O)C2(c3ccc4c(c3)OCO4)CC2)cc1-c1ccc(C(=O)NCCN(C)C)cc1.[HH]. The highest BCUT2D eigenvalue weighted by Gasteiger charge is 2.51. The number of carbonyl (C=O) groups excluding carboxylic acids is 2. The Morgan fingerprint density at radius 2 is 1.73 bits per heavy atom. The molecule has 3 aromatic rings. The fourth-order valence-corrected chi connectivity index (χ4v) is 4.74. The van der Waals surface area contributed by atoms with Crippen LogP contribution >= 0.6 is 0 Å². The Bertz CT molecular complexity index is 1320. The molecule has 1 aliphatic heterocycles. The van der Waals surface area contributed by atoms with Crippen LogP contribution in [-0.2, 0) is 16.6 Å². The van der Waals surface area contributed by atoms with Gasteiger partial charge in [-0.1, -0.05) is 31.2 Å². The lowest BCUT2D eigenvalue weighted by molar-refractivity contribution is -0.118. The third-order valence-corrected chi connectivity index (χ3v) is 7.16. The van der Waals surface area contributed by atoms with Gasteiger partial charge in [0.25, 0.3) is 5.91 Å². The van der Waals surface area contributed by atoms with Crippen molar-refractivity contribution in [1.29, 1.82) is 0 Å². The molecule has 1 saturated carbocycles. The van der Waals surface area contributed by atoms with Gasteiger partial charge in [0.15, 0.2) is 11.5 Å². The molecule has 1 fully saturated rings. The first kappa shape index (κ1) is 24.8. The third kappa shape index (κ3) is 5.18. The molecule has 0 aromatic heterocycles. The van der Waals surface area contributed by atoms with Gasteiger partial charge in [-0.15, -0.1) is 0 Å². The van der Waals surface area contributed by atoms with Crippen LogP contribution in [0.5, 0.6) is 11.5 Å². The standard InChI is InChI=1S/C30H33N3O4.H2/c1-4-20-9-11-24(18-25(20)21-5-7-22(8-6-21)28(34)31-15-16-33(2)3)32-29(35)30(13-14-30)23-10-12-26-27(17-23)37-19-36-26;/h5-12,17-18H,4,13-16,19H2,1-3H3,(H,31,34)(H,32,35);1H. The summed E-state index contributed by atoms with van der Waals surface area (Å²) in [6.07, 6.45) is 2.46. The first-order chi connectivity index (χ1) is 17.9. The molecule has 0 atom stereocenters. The summed E-state index contributed by atoms with van der Waals surface area (Å²) in [5, 5.41) is 6.10. The second-order valence-electron chi connectivity index (χ2n) is 9.97. The molecular weight excluding hydrogens is 466 g/mol. The lowest BCUT2D eigenvalue weighted by atomic mass is 9.93. The van der Waals surface area contributed by atoms with Crippen LogP contribution in [0, 0.1) is 0 Å². The molecule has 2 aliphatic rings. The van der Waals surface area contributed by atoms with Gasteiger partial charge in [0.1, 0.15) is 0 Å². The van der Waals surface area contributed by atoms with Crippen LogP contribution in [-0.4, -0.2) is 50.7 Å². The van der Waals surface area contributed by atoms with E-state index in [1.165, 1.54) is 5.56 Å². The summed E-state index contributed by atoms with van der Waals surface area (Å²) < 4.78 is 10.9. The molecule has 7 nitrogen and oxygen atoms in total. The van der Waals surface area contributed by atoms with Crippen molar-refractivity contribution in [2.75, 3.05) is 39.3 Å². The molecule has 2 N–H and O–H groups in total. The summed E-state index contributed by atoms with van der Waals surface area (Å²) in [5.41, 5.74) is 5.05. The second-order valence-corrected chi connectivity index (χ2v) is 9.97. The number of ether oxygens (including phenoxy) is 2. The summed E-state index contributed by atoms with van der Waals surface area (Å²) in [4.78, 5) is 27.9. The molecule has 0 radical (unpaired) electrons. The highest BCUT2D eigenvalue weighted by Crippen LogP contribution is 2.51. The summed E-state index contributed by atoms with van der Waals surface area (Å²) in [6, 6.07) is 19.5. The number of carbonyl (C=O) groups is 2. The number of rotatable bonds is 9. The number of amides is 2.